The van der Waals surface area contributed by atoms with Crippen molar-refractivity contribution in [1.82, 2.24) is 15.1 Å². The molecule has 1 fully saturated rings. The Morgan fingerprint density at radius 3 is 2.65 bits per heavy atom. The summed E-state index contributed by atoms with van der Waals surface area (Å²) in [6.45, 7) is 0.493. The van der Waals surface area contributed by atoms with E-state index >= 15 is 0 Å². The van der Waals surface area contributed by atoms with Crippen LogP contribution in [0, 0.1) is 0 Å². The van der Waals surface area contributed by atoms with Crippen molar-refractivity contribution < 1.29 is 9.59 Å². The summed E-state index contributed by atoms with van der Waals surface area (Å²) < 4.78 is 0. The van der Waals surface area contributed by atoms with Crippen molar-refractivity contribution in [3.8, 4) is 0 Å². The van der Waals surface area contributed by atoms with Gasteiger partial charge in [0.15, 0.2) is 0 Å². The molecule has 2 aliphatic rings. The highest BCUT2D eigenvalue weighted by Gasteiger charge is 2.31. The third kappa shape index (κ3) is 3.21. The molecule has 23 heavy (non-hydrogen) atoms. The van der Waals surface area contributed by atoms with Crippen LogP contribution in [-0.2, 0) is 16.1 Å². The Labute approximate surface area is 144 Å². The number of amides is 2. The van der Waals surface area contributed by atoms with Gasteiger partial charge in [-0.25, -0.2) is 0 Å². The largest absolute Gasteiger partial charge is 0.349 e. The lowest BCUT2D eigenvalue weighted by atomic mass is 10.0. The molecule has 0 radical (unpaired) electrons. The zero-order valence-corrected chi connectivity index (χ0v) is 13.9. The number of halogens is 2. The van der Waals surface area contributed by atoms with Gasteiger partial charge in [0, 0.05) is 41.6 Å². The van der Waals surface area contributed by atoms with E-state index in [9.17, 15) is 9.59 Å². The Balaban J connectivity index is 1.88. The SMILES string of the molecule is CN1CC(=O)N[C@H]2C=CN(Cc3c(Cl)cccc3Cl)C=C2C1=O. The molecule has 0 bridgehead atoms. The van der Waals surface area contributed by atoms with Crippen molar-refractivity contribution in [3.05, 3.63) is 57.9 Å². The molecule has 7 heteroatoms. The third-order valence-electron chi connectivity index (χ3n) is 3.80. The molecule has 2 aliphatic heterocycles. The monoisotopic (exact) mass is 351 g/mol. The number of benzene rings is 1. The van der Waals surface area contributed by atoms with Crippen LogP contribution in [0.4, 0.5) is 0 Å². The minimum absolute atomic E-state index is 0.0524. The minimum Gasteiger partial charge on any atom is -0.349 e. The fourth-order valence-corrected chi connectivity index (χ4v) is 3.12. The van der Waals surface area contributed by atoms with E-state index in [1.165, 1.54) is 4.90 Å². The molecule has 2 heterocycles. The van der Waals surface area contributed by atoms with Gasteiger partial charge in [-0.1, -0.05) is 29.3 Å². The van der Waals surface area contributed by atoms with E-state index in [2.05, 4.69) is 5.32 Å². The number of hydrogen-bond acceptors (Lipinski definition) is 3. The van der Waals surface area contributed by atoms with Gasteiger partial charge in [-0.3, -0.25) is 9.59 Å². The van der Waals surface area contributed by atoms with E-state index in [4.69, 9.17) is 23.2 Å². The normalized spacial score (nSPS) is 20.8. The Bertz CT molecular complexity index is 710. The van der Waals surface area contributed by atoms with Gasteiger partial charge in [0.2, 0.25) is 5.91 Å². The standard InChI is InChI=1S/C16H15Cl2N3O2/c1-20-9-15(22)19-14-5-6-21(8-11(14)16(20)23)7-10-12(17)3-2-4-13(10)18/h2-6,8,14H,7,9H2,1H3,(H,19,22)/t14-/m0/s1. The predicted octanol–water partition coefficient (Wildman–Crippen LogP) is 2.16. The Hall–Kier alpha value is -1.98. The second-order valence-electron chi connectivity index (χ2n) is 5.50. The van der Waals surface area contributed by atoms with Gasteiger partial charge in [-0.15, -0.1) is 0 Å². The molecule has 1 N–H and O–H groups in total. The van der Waals surface area contributed by atoms with Crippen molar-refractivity contribution in [3.63, 3.8) is 0 Å². The van der Waals surface area contributed by atoms with Gasteiger partial charge >= 0.3 is 0 Å². The first-order valence-corrected chi connectivity index (χ1v) is 7.85. The Morgan fingerprint density at radius 1 is 1.26 bits per heavy atom. The van der Waals surface area contributed by atoms with E-state index in [-0.39, 0.29) is 18.4 Å². The molecule has 0 aromatic heterocycles. The highest BCUT2D eigenvalue weighted by molar-refractivity contribution is 6.35. The molecular weight excluding hydrogens is 337 g/mol. The minimum atomic E-state index is -0.405. The van der Waals surface area contributed by atoms with Crippen LogP contribution in [0.25, 0.3) is 0 Å². The number of nitrogens with zero attached hydrogens (tertiary/aromatic N) is 2. The summed E-state index contributed by atoms with van der Waals surface area (Å²) in [5.74, 6) is -0.352. The number of hydrogen-bond donors (Lipinski definition) is 1. The number of rotatable bonds is 2. The van der Waals surface area contributed by atoms with Crippen LogP contribution < -0.4 is 5.32 Å². The summed E-state index contributed by atoms with van der Waals surface area (Å²) in [7, 11) is 1.61. The van der Waals surface area contributed by atoms with E-state index in [1.54, 1.807) is 37.5 Å². The van der Waals surface area contributed by atoms with Gasteiger partial charge in [0.1, 0.15) is 0 Å². The molecular formula is C16H15Cl2N3O2. The lowest BCUT2D eigenvalue weighted by Crippen LogP contribution is -2.37. The topological polar surface area (TPSA) is 52.7 Å². The summed E-state index contributed by atoms with van der Waals surface area (Å²) in [4.78, 5) is 27.4. The van der Waals surface area contributed by atoms with Crippen molar-refractivity contribution in [2.24, 2.45) is 0 Å². The van der Waals surface area contributed by atoms with Gasteiger partial charge in [0.25, 0.3) is 5.91 Å². The Kier molecular flexibility index (Phi) is 4.33. The zero-order chi connectivity index (χ0) is 16.6. The molecule has 0 aliphatic carbocycles. The number of carbonyl (C=O) groups is 2. The molecule has 1 atom stereocenters. The van der Waals surface area contributed by atoms with E-state index in [1.807, 2.05) is 11.1 Å². The van der Waals surface area contributed by atoms with Gasteiger partial charge in [-0.05, 0) is 18.2 Å². The summed E-state index contributed by atoms with van der Waals surface area (Å²) in [6.07, 6.45) is 5.33. The fourth-order valence-electron chi connectivity index (χ4n) is 2.61. The quantitative estimate of drug-likeness (QED) is 0.888. The average molecular weight is 352 g/mol. The second kappa shape index (κ2) is 6.26. The smallest absolute Gasteiger partial charge is 0.253 e. The lowest BCUT2D eigenvalue weighted by molar-refractivity contribution is -0.130. The molecule has 120 valence electrons. The first-order valence-electron chi connectivity index (χ1n) is 7.09. The molecule has 3 rings (SSSR count). The van der Waals surface area contributed by atoms with Gasteiger partial charge < -0.3 is 15.1 Å². The summed E-state index contributed by atoms with van der Waals surface area (Å²) in [5.41, 5.74) is 1.30. The van der Waals surface area contributed by atoms with Crippen LogP contribution in [-0.4, -0.2) is 41.2 Å². The molecule has 0 saturated carbocycles. The van der Waals surface area contributed by atoms with E-state index < -0.39 is 6.04 Å². The van der Waals surface area contributed by atoms with E-state index in [0.29, 0.717) is 22.2 Å². The number of fused-ring (bicyclic) bond motifs is 1. The first kappa shape index (κ1) is 15.9. The van der Waals surface area contributed by atoms with Crippen LogP contribution >= 0.6 is 23.2 Å². The molecule has 1 aromatic rings. The van der Waals surface area contributed by atoms with Crippen LogP contribution in [0.3, 0.4) is 0 Å². The van der Waals surface area contributed by atoms with Crippen LogP contribution in [0.5, 0.6) is 0 Å². The summed E-state index contributed by atoms with van der Waals surface area (Å²) in [5, 5.41) is 3.96. The number of likely N-dealkylation sites (N-methyl/N-ethyl adjacent to an activating group) is 1. The summed E-state index contributed by atoms with van der Waals surface area (Å²) >= 11 is 12.4. The van der Waals surface area contributed by atoms with Crippen LogP contribution in [0.1, 0.15) is 5.56 Å². The second-order valence-corrected chi connectivity index (χ2v) is 6.32. The van der Waals surface area contributed by atoms with Gasteiger partial charge in [0.05, 0.1) is 18.2 Å². The average Bonchev–Trinajstić information content (AvgIpc) is 2.61. The van der Waals surface area contributed by atoms with Crippen molar-refractivity contribution >= 4 is 35.0 Å². The molecule has 1 aromatic carbocycles. The Morgan fingerprint density at radius 2 is 1.96 bits per heavy atom. The number of nitrogens with one attached hydrogen (secondary N) is 1. The van der Waals surface area contributed by atoms with Crippen LogP contribution in [0.2, 0.25) is 10.0 Å². The highest BCUT2D eigenvalue weighted by atomic mass is 35.5. The first-order chi connectivity index (χ1) is 11.0. The maximum atomic E-state index is 12.4. The molecule has 0 spiro atoms. The van der Waals surface area contributed by atoms with Crippen molar-refractivity contribution in [2.45, 2.75) is 12.6 Å². The van der Waals surface area contributed by atoms with E-state index in [0.717, 1.165) is 5.56 Å². The summed E-state index contributed by atoms with van der Waals surface area (Å²) in [6, 6.07) is 4.93. The van der Waals surface area contributed by atoms with Crippen molar-refractivity contribution in [2.75, 3.05) is 13.6 Å². The van der Waals surface area contributed by atoms with Crippen LogP contribution in [0.15, 0.2) is 42.2 Å². The maximum Gasteiger partial charge on any atom is 0.253 e. The zero-order valence-electron chi connectivity index (χ0n) is 12.4. The van der Waals surface area contributed by atoms with Gasteiger partial charge in [-0.2, -0.15) is 0 Å². The predicted molar refractivity (Wildman–Crippen MR) is 88.8 cm³/mol. The molecule has 1 saturated heterocycles. The lowest BCUT2D eigenvalue weighted by Gasteiger charge is -2.26. The number of carbonyl (C=O) groups excluding carboxylic acids is 2. The molecule has 5 nitrogen and oxygen atoms in total. The molecule has 2 amide bonds. The fraction of sp³-hybridized carbons (Fsp3) is 0.250. The molecule has 0 unspecified atom stereocenters. The third-order valence-corrected chi connectivity index (χ3v) is 4.51. The highest BCUT2D eigenvalue weighted by Crippen LogP contribution is 2.27. The maximum absolute atomic E-state index is 12.4. The van der Waals surface area contributed by atoms with Crippen molar-refractivity contribution in [1.29, 1.82) is 0 Å².